The minimum atomic E-state index is 0.386. The van der Waals surface area contributed by atoms with E-state index in [9.17, 15) is 0 Å². The molecule has 0 amide bonds. The third kappa shape index (κ3) is 2.39. The lowest BCUT2D eigenvalue weighted by atomic mass is 9.85. The summed E-state index contributed by atoms with van der Waals surface area (Å²) in [6.07, 6.45) is 4.08. The fourth-order valence-corrected chi connectivity index (χ4v) is 3.52. The van der Waals surface area contributed by atoms with Crippen molar-refractivity contribution in [1.29, 1.82) is 0 Å². The molecule has 0 spiro atoms. The van der Waals surface area contributed by atoms with Crippen LogP contribution in [0.2, 0.25) is 0 Å². The van der Waals surface area contributed by atoms with E-state index in [0.29, 0.717) is 5.95 Å². The van der Waals surface area contributed by atoms with Gasteiger partial charge < -0.3 is 10.6 Å². The van der Waals surface area contributed by atoms with E-state index in [1.54, 1.807) is 11.3 Å². The molecule has 1 aliphatic rings. The van der Waals surface area contributed by atoms with Crippen LogP contribution < -0.4 is 10.6 Å². The van der Waals surface area contributed by atoms with Crippen molar-refractivity contribution in [3.63, 3.8) is 0 Å². The average molecular weight is 276 g/mol. The van der Waals surface area contributed by atoms with E-state index in [1.807, 2.05) is 0 Å². The largest absolute Gasteiger partial charge is 0.368 e. The van der Waals surface area contributed by atoms with Gasteiger partial charge in [-0.3, -0.25) is 0 Å². The van der Waals surface area contributed by atoms with Gasteiger partial charge in [0, 0.05) is 18.0 Å². The van der Waals surface area contributed by atoms with Gasteiger partial charge in [-0.25, -0.2) is 4.98 Å². The molecule has 5 heteroatoms. The highest BCUT2D eigenvalue weighted by Crippen LogP contribution is 2.33. The topological polar surface area (TPSA) is 55.0 Å². The molecule has 2 heterocycles. The second-order valence-electron chi connectivity index (χ2n) is 5.32. The van der Waals surface area contributed by atoms with Gasteiger partial charge in [-0.05, 0) is 38.7 Å². The van der Waals surface area contributed by atoms with Crippen molar-refractivity contribution in [2.45, 2.75) is 33.1 Å². The number of anilines is 2. The van der Waals surface area contributed by atoms with E-state index in [2.05, 4.69) is 34.8 Å². The number of aromatic nitrogens is 2. The van der Waals surface area contributed by atoms with E-state index in [4.69, 9.17) is 5.73 Å². The Labute approximate surface area is 117 Å². The number of thiophene rings is 1. The molecule has 4 nitrogen and oxygen atoms in total. The van der Waals surface area contributed by atoms with Crippen LogP contribution in [-0.4, -0.2) is 23.1 Å². The van der Waals surface area contributed by atoms with Crippen molar-refractivity contribution >= 4 is 33.3 Å². The summed E-state index contributed by atoms with van der Waals surface area (Å²) < 4.78 is 0. The Kier molecular flexibility index (Phi) is 3.31. The van der Waals surface area contributed by atoms with Crippen LogP contribution in [0.25, 0.3) is 10.2 Å². The van der Waals surface area contributed by atoms with E-state index < -0.39 is 0 Å². The van der Waals surface area contributed by atoms with E-state index >= 15 is 0 Å². The predicted octanol–water partition coefficient (Wildman–Crippen LogP) is 3.21. The maximum Gasteiger partial charge on any atom is 0.223 e. The molecule has 102 valence electrons. The molecule has 1 saturated carbocycles. The second-order valence-corrected chi connectivity index (χ2v) is 6.55. The SMILES string of the molecule is CCN(CC1CCC1)c1nc(N)nc2sc(C)cc12. The molecule has 0 saturated heterocycles. The molecule has 1 fully saturated rings. The Hall–Kier alpha value is -1.36. The Morgan fingerprint density at radius 3 is 2.84 bits per heavy atom. The standard InChI is InChI=1S/C14H20N4S/c1-3-18(8-10-5-4-6-10)12-11-7-9(2)19-13(11)17-14(15)16-12/h7,10H,3-6,8H2,1-2H3,(H2,15,16,17). The molecule has 2 N–H and O–H groups in total. The van der Waals surface area contributed by atoms with Crippen LogP contribution in [-0.2, 0) is 0 Å². The zero-order valence-electron chi connectivity index (χ0n) is 11.5. The third-order valence-electron chi connectivity index (χ3n) is 3.90. The summed E-state index contributed by atoms with van der Waals surface area (Å²) in [5.74, 6) is 2.23. The molecule has 19 heavy (non-hydrogen) atoms. The molecular weight excluding hydrogens is 256 g/mol. The molecular formula is C14H20N4S. The van der Waals surface area contributed by atoms with Gasteiger partial charge in [0.15, 0.2) is 0 Å². The molecule has 3 rings (SSSR count). The van der Waals surface area contributed by atoms with Crippen molar-refractivity contribution in [2.75, 3.05) is 23.7 Å². The fourth-order valence-electron chi connectivity index (χ4n) is 2.64. The molecule has 2 aromatic rings. The maximum atomic E-state index is 5.86. The number of rotatable bonds is 4. The van der Waals surface area contributed by atoms with Crippen LogP contribution in [0.4, 0.5) is 11.8 Å². The van der Waals surface area contributed by atoms with Crippen molar-refractivity contribution < 1.29 is 0 Å². The van der Waals surface area contributed by atoms with Crippen LogP contribution in [0.3, 0.4) is 0 Å². The lowest BCUT2D eigenvalue weighted by Gasteiger charge is -2.32. The lowest BCUT2D eigenvalue weighted by molar-refractivity contribution is 0.318. The summed E-state index contributed by atoms with van der Waals surface area (Å²) in [4.78, 5) is 13.5. The Morgan fingerprint density at radius 2 is 2.21 bits per heavy atom. The molecule has 0 unspecified atom stereocenters. The van der Waals surface area contributed by atoms with Crippen molar-refractivity contribution in [1.82, 2.24) is 9.97 Å². The third-order valence-corrected chi connectivity index (χ3v) is 4.84. The van der Waals surface area contributed by atoms with Gasteiger partial charge in [0.1, 0.15) is 10.6 Å². The highest BCUT2D eigenvalue weighted by atomic mass is 32.1. The zero-order chi connectivity index (χ0) is 13.4. The van der Waals surface area contributed by atoms with E-state index in [1.165, 1.54) is 24.1 Å². The van der Waals surface area contributed by atoms with Gasteiger partial charge in [-0.2, -0.15) is 4.98 Å². The molecule has 1 aliphatic carbocycles. The Morgan fingerprint density at radius 1 is 1.42 bits per heavy atom. The molecule has 2 aromatic heterocycles. The summed E-state index contributed by atoms with van der Waals surface area (Å²) in [5, 5.41) is 1.15. The van der Waals surface area contributed by atoms with E-state index in [0.717, 1.165) is 35.0 Å². The normalized spacial score (nSPS) is 15.7. The summed E-state index contributed by atoms with van der Waals surface area (Å²) in [7, 11) is 0. The van der Waals surface area contributed by atoms with Gasteiger partial charge in [0.25, 0.3) is 0 Å². The quantitative estimate of drug-likeness (QED) is 0.931. The fraction of sp³-hybridized carbons (Fsp3) is 0.571. The summed E-state index contributed by atoms with van der Waals surface area (Å²) in [5.41, 5.74) is 5.86. The van der Waals surface area contributed by atoms with Gasteiger partial charge in [-0.15, -0.1) is 11.3 Å². The predicted molar refractivity (Wildman–Crippen MR) is 81.8 cm³/mol. The van der Waals surface area contributed by atoms with Gasteiger partial charge in [0.2, 0.25) is 5.95 Å². The van der Waals surface area contributed by atoms with Crippen LogP contribution in [0.15, 0.2) is 6.07 Å². The van der Waals surface area contributed by atoms with Crippen LogP contribution in [0.1, 0.15) is 31.1 Å². The smallest absolute Gasteiger partial charge is 0.223 e. The Bertz CT molecular complexity index is 588. The first-order chi connectivity index (χ1) is 9.17. The van der Waals surface area contributed by atoms with E-state index in [-0.39, 0.29) is 0 Å². The summed E-state index contributed by atoms with van der Waals surface area (Å²) in [6.45, 7) is 6.35. The highest BCUT2D eigenvalue weighted by Gasteiger charge is 2.22. The highest BCUT2D eigenvalue weighted by molar-refractivity contribution is 7.18. The minimum absolute atomic E-state index is 0.386. The minimum Gasteiger partial charge on any atom is -0.368 e. The summed E-state index contributed by atoms with van der Waals surface area (Å²) >= 11 is 1.69. The molecule has 0 bridgehead atoms. The summed E-state index contributed by atoms with van der Waals surface area (Å²) in [6, 6.07) is 2.18. The van der Waals surface area contributed by atoms with Gasteiger partial charge in [-0.1, -0.05) is 6.42 Å². The molecule has 0 atom stereocenters. The first-order valence-electron chi connectivity index (χ1n) is 6.96. The van der Waals surface area contributed by atoms with Crippen LogP contribution in [0, 0.1) is 12.8 Å². The number of aryl methyl sites for hydroxylation is 1. The molecule has 0 aliphatic heterocycles. The number of hydrogen-bond acceptors (Lipinski definition) is 5. The number of nitrogens with zero attached hydrogens (tertiary/aromatic N) is 3. The van der Waals surface area contributed by atoms with Gasteiger partial charge >= 0.3 is 0 Å². The molecule has 0 radical (unpaired) electrons. The Balaban J connectivity index is 2.00. The number of nitrogen functional groups attached to an aromatic ring is 1. The van der Waals surface area contributed by atoms with Crippen LogP contribution >= 0.6 is 11.3 Å². The first-order valence-corrected chi connectivity index (χ1v) is 7.77. The van der Waals surface area contributed by atoms with Crippen molar-refractivity contribution in [2.24, 2.45) is 5.92 Å². The zero-order valence-corrected chi connectivity index (χ0v) is 12.3. The first kappa shape index (κ1) is 12.7. The monoisotopic (exact) mass is 276 g/mol. The second kappa shape index (κ2) is 4.96. The van der Waals surface area contributed by atoms with Crippen molar-refractivity contribution in [3.8, 4) is 0 Å². The van der Waals surface area contributed by atoms with Crippen LogP contribution in [0.5, 0.6) is 0 Å². The van der Waals surface area contributed by atoms with Gasteiger partial charge in [0.05, 0.1) is 5.39 Å². The molecule has 0 aromatic carbocycles. The lowest BCUT2D eigenvalue weighted by Crippen LogP contribution is -2.33. The average Bonchev–Trinajstić information content (AvgIpc) is 2.67. The number of hydrogen-bond donors (Lipinski definition) is 1. The number of nitrogens with two attached hydrogens (primary N) is 1. The number of fused-ring (bicyclic) bond motifs is 1. The van der Waals surface area contributed by atoms with Crippen molar-refractivity contribution in [3.05, 3.63) is 10.9 Å². The maximum absolute atomic E-state index is 5.86.